The fourth-order valence-corrected chi connectivity index (χ4v) is 3.99. The van der Waals surface area contributed by atoms with E-state index in [1.165, 1.54) is 33.5 Å². The average Bonchev–Trinajstić information content (AvgIpc) is 2.96. The van der Waals surface area contributed by atoms with Crippen molar-refractivity contribution in [3.63, 3.8) is 0 Å². The van der Waals surface area contributed by atoms with Crippen LogP contribution in [-0.4, -0.2) is 99.1 Å². The standard InChI is InChI=1S/C24H33N7O11/c1-39-16-10-13(11-17(40-2)20(16)41-3)21(34)28-14-7-8-19(33)30(22(14)35)12-18(32)27-15(23(36)42-4)6-5-9-26-24(25)29-31(37)38/h10-11,14-15H,5-9,12H2,1-4H3,(H,27,32)(H,28,34)(H3,25,26,29)/t14-,15?/m0/s1. The Morgan fingerprint density at radius 3 is 2.33 bits per heavy atom. The van der Waals surface area contributed by atoms with Gasteiger partial charge in [0, 0.05) is 18.5 Å². The molecular weight excluding hydrogens is 562 g/mol. The van der Waals surface area contributed by atoms with Gasteiger partial charge in [0.15, 0.2) is 16.5 Å². The van der Waals surface area contributed by atoms with Gasteiger partial charge < -0.3 is 35.3 Å². The molecule has 1 aliphatic rings. The number of nitrogens with one attached hydrogen (secondary N) is 3. The lowest BCUT2D eigenvalue weighted by Gasteiger charge is -2.31. The van der Waals surface area contributed by atoms with Crippen molar-refractivity contribution in [1.82, 2.24) is 21.0 Å². The van der Waals surface area contributed by atoms with Gasteiger partial charge in [-0.3, -0.25) is 24.1 Å². The number of nitrogens with two attached hydrogens (primary N) is 1. The highest BCUT2D eigenvalue weighted by atomic mass is 16.7. The summed E-state index contributed by atoms with van der Waals surface area (Å²) < 4.78 is 20.4. The molecule has 42 heavy (non-hydrogen) atoms. The van der Waals surface area contributed by atoms with Gasteiger partial charge in [0.2, 0.25) is 17.6 Å². The van der Waals surface area contributed by atoms with Gasteiger partial charge in [-0.2, -0.15) is 0 Å². The largest absolute Gasteiger partial charge is 0.493 e. The molecule has 1 aromatic carbocycles. The monoisotopic (exact) mass is 595 g/mol. The van der Waals surface area contributed by atoms with E-state index in [-0.39, 0.29) is 55.0 Å². The first kappa shape index (κ1) is 33.0. The van der Waals surface area contributed by atoms with Crippen molar-refractivity contribution in [2.45, 2.75) is 37.8 Å². The van der Waals surface area contributed by atoms with Crippen LogP contribution in [0, 0.1) is 10.1 Å². The van der Waals surface area contributed by atoms with Crippen molar-refractivity contribution < 1.29 is 48.0 Å². The first-order chi connectivity index (χ1) is 19.9. The molecule has 0 radical (unpaired) electrons. The smallest absolute Gasteiger partial charge is 0.328 e. The molecular formula is C24H33N7O11. The van der Waals surface area contributed by atoms with E-state index < -0.39 is 59.2 Å². The number of methoxy groups -OCH3 is 4. The normalized spacial score (nSPS) is 15.8. The molecule has 1 saturated heterocycles. The van der Waals surface area contributed by atoms with E-state index in [4.69, 9.17) is 24.7 Å². The number of amides is 4. The average molecular weight is 596 g/mol. The van der Waals surface area contributed by atoms with Crippen LogP contribution in [0.3, 0.4) is 0 Å². The summed E-state index contributed by atoms with van der Waals surface area (Å²) in [5.74, 6) is -3.46. The van der Waals surface area contributed by atoms with E-state index in [0.29, 0.717) is 4.90 Å². The molecule has 18 heteroatoms. The van der Waals surface area contributed by atoms with Crippen molar-refractivity contribution in [2.24, 2.45) is 10.7 Å². The number of ether oxygens (including phenoxy) is 4. The number of carbonyl (C=O) groups excluding carboxylic acids is 5. The lowest BCUT2D eigenvalue weighted by molar-refractivity contribution is -0.525. The van der Waals surface area contributed by atoms with E-state index in [1.807, 2.05) is 0 Å². The van der Waals surface area contributed by atoms with E-state index in [9.17, 15) is 34.1 Å². The number of benzene rings is 1. The molecule has 18 nitrogen and oxygen atoms in total. The van der Waals surface area contributed by atoms with Gasteiger partial charge in [0.25, 0.3) is 17.8 Å². The summed E-state index contributed by atoms with van der Waals surface area (Å²) in [5, 5.41) is 14.4. The maximum atomic E-state index is 13.1. The number of aliphatic imine (C=N–C) groups is 1. The van der Waals surface area contributed by atoms with Gasteiger partial charge in [-0.15, -0.1) is 0 Å². The molecule has 0 spiro atoms. The number of nitro groups is 1. The summed E-state index contributed by atoms with van der Waals surface area (Å²) in [4.78, 5) is 78.2. The number of hydrogen-bond donors (Lipinski definition) is 4. The molecule has 4 amide bonds. The Hall–Kier alpha value is -5.16. The summed E-state index contributed by atoms with van der Waals surface area (Å²) in [6.45, 7) is -0.716. The predicted molar refractivity (Wildman–Crippen MR) is 143 cm³/mol. The summed E-state index contributed by atoms with van der Waals surface area (Å²) in [7, 11) is 5.27. The number of rotatable bonds is 14. The van der Waals surface area contributed by atoms with Crippen molar-refractivity contribution in [3.8, 4) is 17.2 Å². The number of hydrogen-bond acceptors (Lipinski definition) is 12. The van der Waals surface area contributed by atoms with Crippen molar-refractivity contribution in [2.75, 3.05) is 41.5 Å². The molecule has 0 bridgehead atoms. The third-order valence-electron chi connectivity index (χ3n) is 6.01. The molecule has 230 valence electrons. The highest BCUT2D eigenvalue weighted by molar-refractivity contribution is 6.06. The lowest BCUT2D eigenvalue weighted by atomic mass is 10.0. The van der Waals surface area contributed by atoms with Crippen molar-refractivity contribution in [3.05, 3.63) is 27.8 Å². The molecule has 1 aliphatic heterocycles. The number of likely N-dealkylation sites (tertiary alicyclic amines) is 1. The Balaban J connectivity index is 2.06. The van der Waals surface area contributed by atoms with Gasteiger partial charge in [0.05, 0.1) is 28.4 Å². The second kappa shape index (κ2) is 15.6. The van der Waals surface area contributed by atoms with Crippen molar-refractivity contribution >= 4 is 35.6 Å². The van der Waals surface area contributed by atoms with Crippen LogP contribution in [0.1, 0.15) is 36.0 Å². The molecule has 2 atom stereocenters. The zero-order chi connectivity index (χ0) is 31.4. The zero-order valence-electron chi connectivity index (χ0n) is 23.5. The predicted octanol–water partition coefficient (Wildman–Crippen LogP) is -1.51. The Kier molecular flexibility index (Phi) is 12.3. The number of imide groups is 1. The van der Waals surface area contributed by atoms with Gasteiger partial charge in [-0.25, -0.2) is 19.9 Å². The van der Waals surface area contributed by atoms with Crippen LogP contribution in [-0.2, 0) is 23.9 Å². The summed E-state index contributed by atoms with van der Waals surface area (Å²) in [6, 6.07) is 0.514. The minimum absolute atomic E-state index is 0.00564. The second-order valence-corrected chi connectivity index (χ2v) is 8.72. The second-order valence-electron chi connectivity index (χ2n) is 8.72. The van der Waals surface area contributed by atoms with Gasteiger partial charge in [0.1, 0.15) is 18.6 Å². The minimum atomic E-state index is -1.16. The van der Waals surface area contributed by atoms with Crippen LogP contribution < -0.4 is 36.0 Å². The highest BCUT2D eigenvalue weighted by Crippen LogP contribution is 2.38. The molecule has 0 aromatic heterocycles. The SMILES string of the molecule is COC(=O)C(CCCN=C(N)N[N+](=O)[O-])NC(=O)CN1C(=O)CC[C@H](NC(=O)c2cc(OC)c(OC)c(OC)c2)C1=O. The minimum Gasteiger partial charge on any atom is -0.493 e. The lowest BCUT2D eigenvalue weighted by Crippen LogP contribution is -2.57. The van der Waals surface area contributed by atoms with Crippen LogP contribution in [0.4, 0.5) is 0 Å². The summed E-state index contributed by atoms with van der Waals surface area (Å²) in [5.41, 5.74) is 7.09. The van der Waals surface area contributed by atoms with Gasteiger partial charge >= 0.3 is 5.97 Å². The van der Waals surface area contributed by atoms with Crippen LogP contribution in [0.5, 0.6) is 17.2 Å². The van der Waals surface area contributed by atoms with Crippen LogP contribution in [0.25, 0.3) is 0 Å². The van der Waals surface area contributed by atoms with E-state index in [0.717, 1.165) is 7.11 Å². The molecule has 1 aromatic rings. The first-order valence-electron chi connectivity index (χ1n) is 12.5. The number of esters is 1. The van der Waals surface area contributed by atoms with Crippen LogP contribution >= 0.6 is 0 Å². The molecule has 1 unspecified atom stereocenters. The Morgan fingerprint density at radius 2 is 1.79 bits per heavy atom. The van der Waals surface area contributed by atoms with E-state index in [1.54, 1.807) is 5.43 Å². The molecule has 2 rings (SSSR count). The highest BCUT2D eigenvalue weighted by Gasteiger charge is 2.37. The number of guanidine groups is 1. The maximum Gasteiger partial charge on any atom is 0.328 e. The van der Waals surface area contributed by atoms with Crippen LogP contribution in [0.2, 0.25) is 0 Å². The summed E-state index contributed by atoms with van der Waals surface area (Å²) >= 11 is 0. The van der Waals surface area contributed by atoms with E-state index in [2.05, 4.69) is 15.6 Å². The van der Waals surface area contributed by atoms with Gasteiger partial charge in [-0.1, -0.05) is 5.43 Å². The molecule has 0 saturated carbocycles. The first-order valence-corrected chi connectivity index (χ1v) is 12.5. The number of piperidine rings is 1. The number of carbonyl (C=O) groups is 5. The maximum absolute atomic E-state index is 13.1. The number of hydrazine groups is 1. The third-order valence-corrected chi connectivity index (χ3v) is 6.01. The third kappa shape index (κ3) is 8.93. The quantitative estimate of drug-likeness (QED) is 0.0364. The van der Waals surface area contributed by atoms with Crippen molar-refractivity contribution in [1.29, 1.82) is 0 Å². The fourth-order valence-electron chi connectivity index (χ4n) is 3.99. The molecule has 0 aliphatic carbocycles. The Morgan fingerprint density at radius 1 is 1.14 bits per heavy atom. The zero-order valence-corrected chi connectivity index (χ0v) is 23.5. The van der Waals surface area contributed by atoms with E-state index >= 15 is 0 Å². The molecule has 5 N–H and O–H groups in total. The van der Waals surface area contributed by atoms with Gasteiger partial charge in [-0.05, 0) is 31.4 Å². The topological polar surface area (TPSA) is 243 Å². The molecule has 1 fully saturated rings. The molecule has 1 heterocycles. The summed E-state index contributed by atoms with van der Waals surface area (Å²) in [6.07, 6.45) is 0.0721. The number of nitrogens with zero attached hydrogens (tertiary/aromatic N) is 3. The fraction of sp³-hybridized carbons (Fsp3) is 0.500. The van der Waals surface area contributed by atoms with Crippen LogP contribution in [0.15, 0.2) is 17.1 Å². The Labute approximate surface area is 240 Å². The Bertz CT molecular complexity index is 1210.